The summed E-state index contributed by atoms with van der Waals surface area (Å²) in [5, 5.41) is 3.62. The lowest BCUT2D eigenvalue weighted by Gasteiger charge is -2.42. The highest BCUT2D eigenvalue weighted by Gasteiger charge is 2.63. The van der Waals surface area contributed by atoms with Crippen LogP contribution in [0.5, 0.6) is 0 Å². The summed E-state index contributed by atoms with van der Waals surface area (Å²) in [4.78, 5) is 28.4. The van der Waals surface area contributed by atoms with E-state index in [1.807, 2.05) is 118 Å². The van der Waals surface area contributed by atoms with E-state index in [1.165, 1.54) is 0 Å². The zero-order chi connectivity index (χ0) is 26.0. The number of nitrogens with one attached hydrogen (secondary N) is 1. The zero-order valence-corrected chi connectivity index (χ0v) is 22.3. The Morgan fingerprint density at radius 3 is 2.08 bits per heavy atom. The number of ketones is 1. The Kier molecular flexibility index (Phi) is 7.11. The standard InChI is InChI=1S/C32H33NO3S/c1-31(2,3)36-30(35)27-26(23-15-9-5-10-16-23)32(28(33-27)24-17-11-6-12-18-24)21-37-20-25(29(32)34)19-22-13-7-4-8-14-22/h4-19,26-28,33H,20-21H2,1-3H3/b25-19+. The molecule has 37 heavy (non-hydrogen) atoms. The van der Waals surface area contributed by atoms with Gasteiger partial charge in [-0.05, 0) is 43.5 Å². The summed E-state index contributed by atoms with van der Waals surface area (Å²) in [5.41, 5.74) is 2.28. The van der Waals surface area contributed by atoms with Crippen molar-refractivity contribution >= 4 is 29.6 Å². The highest BCUT2D eigenvalue weighted by atomic mass is 32.2. The van der Waals surface area contributed by atoms with E-state index in [0.717, 1.165) is 22.3 Å². The van der Waals surface area contributed by atoms with E-state index in [0.29, 0.717) is 11.5 Å². The lowest BCUT2D eigenvalue weighted by Crippen LogP contribution is -2.47. The fraction of sp³-hybridized carbons (Fsp3) is 0.312. The summed E-state index contributed by atoms with van der Waals surface area (Å²) in [7, 11) is 0. The molecule has 4 atom stereocenters. The maximum Gasteiger partial charge on any atom is 0.324 e. The van der Waals surface area contributed by atoms with Gasteiger partial charge in [0.25, 0.3) is 0 Å². The minimum Gasteiger partial charge on any atom is -0.459 e. The highest BCUT2D eigenvalue weighted by Crippen LogP contribution is 2.58. The minimum atomic E-state index is -0.853. The van der Waals surface area contributed by atoms with Gasteiger partial charge in [-0.15, -0.1) is 0 Å². The van der Waals surface area contributed by atoms with Crippen LogP contribution in [0.15, 0.2) is 96.6 Å². The smallest absolute Gasteiger partial charge is 0.324 e. The van der Waals surface area contributed by atoms with Gasteiger partial charge in [0.1, 0.15) is 11.6 Å². The van der Waals surface area contributed by atoms with Gasteiger partial charge >= 0.3 is 5.97 Å². The Labute approximate surface area is 223 Å². The van der Waals surface area contributed by atoms with Crippen LogP contribution in [0.25, 0.3) is 6.08 Å². The summed E-state index contributed by atoms with van der Waals surface area (Å²) in [6, 6.07) is 29.0. The van der Waals surface area contributed by atoms with Crippen molar-refractivity contribution in [1.82, 2.24) is 5.32 Å². The van der Waals surface area contributed by atoms with E-state index < -0.39 is 17.1 Å². The molecule has 2 fully saturated rings. The molecular weight excluding hydrogens is 478 g/mol. The van der Waals surface area contributed by atoms with E-state index in [1.54, 1.807) is 11.8 Å². The zero-order valence-electron chi connectivity index (χ0n) is 21.5. The van der Waals surface area contributed by atoms with Crippen LogP contribution in [0.4, 0.5) is 0 Å². The van der Waals surface area contributed by atoms with Gasteiger partial charge in [-0.3, -0.25) is 14.9 Å². The monoisotopic (exact) mass is 511 g/mol. The molecule has 5 rings (SSSR count). The lowest BCUT2D eigenvalue weighted by atomic mass is 9.64. The van der Waals surface area contributed by atoms with Gasteiger partial charge in [-0.1, -0.05) is 91.0 Å². The van der Waals surface area contributed by atoms with Gasteiger partial charge in [0.05, 0.1) is 5.41 Å². The van der Waals surface area contributed by atoms with Gasteiger partial charge in [-0.25, -0.2) is 0 Å². The summed E-state index contributed by atoms with van der Waals surface area (Å²) in [5.74, 6) is 0.666. The van der Waals surface area contributed by atoms with Crippen molar-refractivity contribution < 1.29 is 14.3 Å². The van der Waals surface area contributed by atoms with Gasteiger partial charge in [-0.2, -0.15) is 11.8 Å². The molecule has 5 heteroatoms. The second kappa shape index (κ2) is 10.3. The molecule has 2 saturated heterocycles. The predicted octanol–water partition coefficient (Wildman–Crippen LogP) is 6.21. The first-order valence-electron chi connectivity index (χ1n) is 12.8. The average molecular weight is 512 g/mol. The molecule has 0 saturated carbocycles. The number of esters is 1. The average Bonchev–Trinajstić information content (AvgIpc) is 3.23. The molecule has 2 heterocycles. The van der Waals surface area contributed by atoms with Crippen molar-refractivity contribution in [2.75, 3.05) is 11.5 Å². The molecule has 190 valence electrons. The van der Waals surface area contributed by atoms with Crippen LogP contribution in [0.2, 0.25) is 0 Å². The molecule has 0 bridgehead atoms. The van der Waals surface area contributed by atoms with Crippen LogP contribution in [0.3, 0.4) is 0 Å². The quantitative estimate of drug-likeness (QED) is 0.333. The maximum absolute atomic E-state index is 14.7. The van der Waals surface area contributed by atoms with Crippen molar-refractivity contribution in [3.8, 4) is 0 Å². The largest absolute Gasteiger partial charge is 0.459 e. The van der Waals surface area contributed by atoms with Crippen LogP contribution >= 0.6 is 11.8 Å². The summed E-state index contributed by atoms with van der Waals surface area (Å²) in [6.45, 7) is 5.64. The predicted molar refractivity (Wildman–Crippen MR) is 150 cm³/mol. The van der Waals surface area contributed by atoms with Gasteiger partial charge in [0, 0.05) is 29.0 Å². The molecule has 3 aromatic rings. The number of carbonyl (C=O) groups is 2. The van der Waals surface area contributed by atoms with Crippen LogP contribution in [-0.2, 0) is 14.3 Å². The molecule has 4 nitrogen and oxygen atoms in total. The Morgan fingerprint density at radius 1 is 0.919 bits per heavy atom. The minimum absolute atomic E-state index is 0.108. The molecule has 0 aromatic heterocycles. The van der Waals surface area contributed by atoms with Gasteiger partial charge in [0.15, 0.2) is 5.78 Å². The summed E-state index contributed by atoms with van der Waals surface area (Å²) >= 11 is 1.76. The Morgan fingerprint density at radius 2 is 1.49 bits per heavy atom. The van der Waals surface area contributed by atoms with Crippen LogP contribution in [0, 0.1) is 5.41 Å². The first kappa shape index (κ1) is 25.5. The maximum atomic E-state index is 14.7. The molecule has 1 N–H and O–H groups in total. The van der Waals surface area contributed by atoms with Crippen molar-refractivity contribution in [1.29, 1.82) is 0 Å². The first-order valence-corrected chi connectivity index (χ1v) is 13.9. The molecule has 4 unspecified atom stereocenters. The second-order valence-electron chi connectivity index (χ2n) is 10.9. The number of carbonyl (C=O) groups excluding carboxylic acids is 2. The first-order chi connectivity index (χ1) is 17.8. The second-order valence-corrected chi connectivity index (χ2v) is 11.8. The number of rotatable bonds is 4. The highest BCUT2D eigenvalue weighted by molar-refractivity contribution is 7.99. The third-order valence-corrected chi connectivity index (χ3v) is 8.35. The molecule has 2 aliphatic heterocycles. The van der Waals surface area contributed by atoms with Gasteiger partial charge in [0.2, 0.25) is 0 Å². The Hall–Kier alpha value is -3.15. The Bertz CT molecular complexity index is 1280. The fourth-order valence-corrected chi connectivity index (χ4v) is 7.07. The lowest BCUT2D eigenvalue weighted by molar-refractivity contribution is -0.157. The molecule has 0 amide bonds. The summed E-state index contributed by atoms with van der Waals surface area (Å²) in [6.07, 6.45) is 2.02. The number of ether oxygens (including phenoxy) is 1. The van der Waals surface area contributed by atoms with E-state index >= 15 is 0 Å². The number of thioether (sulfide) groups is 1. The van der Waals surface area contributed by atoms with Gasteiger partial charge < -0.3 is 4.74 Å². The molecule has 0 aliphatic carbocycles. The van der Waals surface area contributed by atoms with E-state index in [2.05, 4.69) is 5.32 Å². The van der Waals surface area contributed by atoms with Crippen LogP contribution in [0.1, 0.15) is 49.4 Å². The Balaban J connectivity index is 1.69. The fourth-order valence-electron chi connectivity index (χ4n) is 5.72. The van der Waals surface area contributed by atoms with E-state index in [4.69, 9.17) is 4.74 Å². The van der Waals surface area contributed by atoms with Crippen molar-refractivity contribution in [2.45, 2.75) is 44.4 Å². The van der Waals surface area contributed by atoms with E-state index in [9.17, 15) is 9.59 Å². The summed E-state index contributed by atoms with van der Waals surface area (Å²) < 4.78 is 5.92. The van der Waals surface area contributed by atoms with Crippen molar-refractivity contribution in [3.05, 3.63) is 113 Å². The molecule has 2 aliphatic rings. The normalized spacial score (nSPS) is 26.9. The number of benzene rings is 3. The molecular formula is C32H33NO3S. The molecule has 0 radical (unpaired) electrons. The number of hydrogen-bond donors (Lipinski definition) is 1. The third kappa shape index (κ3) is 5.03. The van der Waals surface area contributed by atoms with Crippen molar-refractivity contribution in [2.24, 2.45) is 5.41 Å². The van der Waals surface area contributed by atoms with Crippen molar-refractivity contribution in [3.63, 3.8) is 0 Å². The number of hydrogen-bond acceptors (Lipinski definition) is 5. The van der Waals surface area contributed by atoms with Crippen LogP contribution in [-0.4, -0.2) is 34.9 Å². The topological polar surface area (TPSA) is 55.4 Å². The SMILES string of the molecule is CC(C)(C)OC(=O)C1NC(c2ccccc2)C2(CSC/C(=C\c3ccccc3)C2=O)C1c1ccccc1. The third-order valence-electron chi connectivity index (χ3n) is 7.16. The molecule has 3 aromatic carbocycles. The number of Topliss-reactive ketones (excluding diaryl/α,β-unsaturated/α-hetero) is 1. The molecule has 1 spiro atoms. The van der Waals surface area contributed by atoms with Crippen LogP contribution < -0.4 is 5.32 Å². The van der Waals surface area contributed by atoms with E-state index in [-0.39, 0.29) is 23.7 Å².